The average Bonchev–Trinajstić information content (AvgIpc) is 3.08. The Bertz CT molecular complexity index is 1320. The summed E-state index contributed by atoms with van der Waals surface area (Å²) in [5, 5.41) is 10.9. The molecule has 2 fully saturated rings. The molecule has 0 unspecified atom stereocenters. The van der Waals surface area contributed by atoms with Crippen LogP contribution >= 0.6 is 35.5 Å². The molecular formula is C25H29ClN6S2. The highest BCUT2D eigenvalue weighted by Crippen LogP contribution is 2.59. The van der Waals surface area contributed by atoms with Crippen LogP contribution in [0.25, 0.3) is 21.6 Å². The lowest BCUT2D eigenvalue weighted by Gasteiger charge is -2.21. The summed E-state index contributed by atoms with van der Waals surface area (Å²) in [6.07, 6.45) is 4.37. The summed E-state index contributed by atoms with van der Waals surface area (Å²) in [6.45, 7) is 7.65. The summed E-state index contributed by atoms with van der Waals surface area (Å²) >= 11 is 3.59. The van der Waals surface area contributed by atoms with Crippen LogP contribution in [-0.2, 0) is 12.5 Å². The van der Waals surface area contributed by atoms with Crippen molar-refractivity contribution in [3.63, 3.8) is 0 Å². The second kappa shape index (κ2) is 9.22. The van der Waals surface area contributed by atoms with Gasteiger partial charge in [0.1, 0.15) is 0 Å². The maximum Gasteiger partial charge on any atom is 0.191 e. The molecule has 1 aliphatic heterocycles. The summed E-state index contributed by atoms with van der Waals surface area (Å²) in [5.74, 6) is 2.74. The van der Waals surface area contributed by atoms with Gasteiger partial charge in [0.2, 0.25) is 0 Å². The van der Waals surface area contributed by atoms with E-state index in [1.54, 1.807) is 23.1 Å². The number of aryl methyl sites for hydroxylation is 2. The second-order valence-corrected chi connectivity index (χ2v) is 11.8. The van der Waals surface area contributed by atoms with Crippen LogP contribution in [0.5, 0.6) is 0 Å². The van der Waals surface area contributed by atoms with Crippen LogP contribution < -0.4 is 0 Å². The molecule has 0 amide bonds. The molecule has 3 aromatic heterocycles. The van der Waals surface area contributed by atoms with Crippen LogP contribution in [0.15, 0.2) is 41.7 Å². The highest BCUT2D eigenvalue weighted by atomic mass is 35.5. The van der Waals surface area contributed by atoms with E-state index < -0.39 is 0 Å². The third-order valence-corrected chi connectivity index (χ3v) is 9.20. The average molecular weight is 513 g/mol. The molecule has 2 aliphatic rings. The summed E-state index contributed by atoms with van der Waals surface area (Å²) in [5.41, 5.74) is 5.07. The lowest BCUT2D eigenvalue weighted by atomic mass is 9.95. The Morgan fingerprint density at radius 3 is 2.88 bits per heavy atom. The maximum atomic E-state index is 4.72. The number of rotatable bonds is 7. The fourth-order valence-electron chi connectivity index (χ4n) is 5.30. The van der Waals surface area contributed by atoms with Crippen LogP contribution in [0.4, 0.5) is 0 Å². The molecule has 4 aromatic rings. The first kappa shape index (κ1) is 23.7. The molecule has 4 heterocycles. The highest BCUT2D eigenvalue weighted by molar-refractivity contribution is 7.99. The lowest BCUT2D eigenvalue weighted by Crippen LogP contribution is -2.27. The van der Waals surface area contributed by atoms with Gasteiger partial charge in [-0.2, -0.15) is 0 Å². The van der Waals surface area contributed by atoms with E-state index >= 15 is 0 Å². The topological polar surface area (TPSA) is 59.7 Å². The van der Waals surface area contributed by atoms with E-state index in [0.717, 1.165) is 51.9 Å². The SMILES string of the molecule is Cc1ccc(-c2nnc(SCCCN3C[C@H]4C[C@@]4(c4ccc5sc(C)nc5c4)C3)n2C)cn1.Cl. The number of hydrogen-bond donors (Lipinski definition) is 0. The molecule has 0 bridgehead atoms. The minimum atomic E-state index is 0. The van der Waals surface area contributed by atoms with Crippen LogP contribution in [0, 0.1) is 19.8 Å². The Hall–Kier alpha value is -2.00. The normalized spacial score (nSPS) is 21.6. The van der Waals surface area contributed by atoms with Crippen molar-refractivity contribution in [2.24, 2.45) is 13.0 Å². The number of thiazole rings is 1. The smallest absolute Gasteiger partial charge is 0.191 e. The van der Waals surface area contributed by atoms with Gasteiger partial charge in [-0.05, 0) is 69.0 Å². The molecule has 6 nitrogen and oxygen atoms in total. The Balaban J connectivity index is 0.00000241. The maximum absolute atomic E-state index is 4.72. The first-order chi connectivity index (χ1) is 16.0. The number of benzene rings is 1. The summed E-state index contributed by atoms with van der Waals surface area (Å²) < 4.78 is 3.38. The largest absolute Gasteiger partial charge is 0.305 e. The van der Waals surface area contributed by atoms with Gasteiger partial charge in [-0.15, -0.1) is 33.9 Å². The number of aromatic nitrogens is 5. The third-order valence-electron chi connectivity index (χ3n) is 7.14. The minimum absolute atomic E-state index is 0. The van der Waals surface area contributed by atoms with Crippen molar-refractivity contribution < 1.29 is 0 Å². The molecule has 0 N–H and O–H groups in total. The molecule has 9 heteroatoms. The second-order valence-electron chi connectivity index (χ2n) is 9.46. The van der Waals surface area contributed by atoms with Gasteiger partial charge in [-0.3, -0.25) is 4.98 Å². The number of fused-ring (bicyclic) bond motifs is 2. The van der Waals surface area contributed by atoms with Gasteiger partial charge < -0.3 is 9.47 Å². The zero-order valence-corrected chi connectivity index (χ0v) is 22.1. The molecule has 178 valence electrons. The van der Waals surface area contributed by atoms with Gasteiger partial charge in [0.15, 0.2) is 11.0 Å². The van der Waals surface area contributed by atoms with Crippen molar-refractivity contribution in [2.45, 2.75) is 37.3 Å². The third kappa shape index (κ3) is 4.26. The summed E-state index contributed by atoms with van der Waals surface area (Å²) in [6, 6.07) is 11.1. The molecule has 0 radical (unpaired) electrons. The molecular weight excluding hydrogens is 484 g/mol. The van der Waals surface area contributed by atoms with Crippen molar-refractivity contribution in [2.75, 3.05) is 25.4 Å². The Morgan fingerprint density at radius 2 is 2.06 bits per heavy atom. The molecule has 34 heavy (non-hydrogen) atoms. The van der Waals surface area contributed by atoms with Gasteiger partial charge >= 0.3 is 0 Å². The fraction of sp³-hybridized carbons (Fsp3) is 0.440. The van der Waals surface area contributed by atoms with E-state index in [-0.39, 0.29) is 12.4 Å². The minimum Gasteiger partial charge on any atom is -0.305 e. The number of pyridine rings is 1. The first-order valence-electron chi connectivity index (χ1n) is 11.6. The first-order valence-corrected chi connectivity index (χ1v) is 13.4. The number of hydrogen-bond acceptors (Lipinski definition) is 7. The zero-order valence-electron chi connectivity index (χ0n) is 19.7. The van der Waals surface area contributed by atoms with Crippen molar-refractivity contribution in [3.8, 4) is 11.4 Å². The van der Waals surface area contributed by atoms with E-state index in [1.807, 2.05) is 26.2 Å². The molecule has 2 atom stereocenters. The molecule has 6 rings (SSSR count). The quantitative estimate of drug-likeness (QED) is 0.248. The van der Waals surface area contributed by atoms with E-state index in [4.69, 9.17) is 4.98 Å². The van der Waals surface area contributed by atoms with Crippen molar-refractivity contribution in [3.05, 3.63) is 52.8 Å². The van der Waals surface area contributed by atoms with Crippen molar-refractivity contribution in [1.82, 2.24) is 29.6 Å². The van der Waals surface area contributed by atoms with Crippen molar-refractivity contribution >= 4 is 45.7 Å². The monoisotopic (exact) mass is 512 g/mol. The molecule has 1 saturated carbocycles. The molecule has 1 saturated heterocycles. The number of likely N-dealkylation sites (tertiary alicyclic amines) is 1. The Morgan fingerprint density at radius 1 is 1.18 bits per heavy atom. The highest BCUT2D eigenvalue weighted by Gasteiger charge is 2.60. The Kier molecular flexibility index (Phi) is 6.44. The number of nitrogens with zero attached hydrogens (tertiary/aromatic N) is 6. The molecule has 0 spiro atoms. The molecule has 1 aliphatic carbocycles. The van der Waals surface area contributed by atoms with E-state index in [0.29, 0.717) is 5.41 Å². The van der Waals surface area contributed by atoms with Crippen LogP contribution in [-0.4, -0.2) is 55.0 Å². The predicted molar refractivity (Wildman–Crippen MR) is 142 cm³/mol. The van der Waals surface area contributed by atoms with Gasteiger partial charge in [-0.25, -0.2) is 4.98 Å². The standard InChI is InChI=1S/C25H28N6S2.ClH/c1-16-5-6-18(13-26-16)23-28-29-24(30(23)3)32-10-4-9-31-14-20-12-25(20,15-31)19-7-8-22-21(11-19)27-17(2)33-22;/h5-8,11,13,20H,4,9-10,12,14-15H2,1-3H3;1H/t20-,25+;/m1./s1. The van der Waals surface area contributed by atoms with Crippen LogP contribution in [0.3, 0.4) is 0 Å². The van der Waals surface area contributed by atoms with Crippen LogP contribution in [0.1, 0.15) is 29.1 Å². The fourth-order valence-corrected chi connectivity index (χ4v) is 6.94. The van der Waals surface area contributed by atoms with Gasteiger partial charge in [0.25, 0.3) is 0 Å². The summed E-state index contributed by atoms with van der Waals surface area (Å²) in [4.78, 5) is 11.8. The predicted octanol–water partition coefficient (Wildman–Crippen LogP) is 5.28. The van der Waals surface area contributed by atoms with Gasteiger partial charge in [0, 0.05) is 48.8 Å². The van der Waals surface area contributed by atoms with Crippen molar-refractivity contribution in [1.29, 1.82) is 0 Å². The van der Waals surface area contributed by atoms with E-state index in [2.05, 4.69) is 55.8 Å². The van der Waals surface area contributed by atoms with Gasteiger partial charge in [0.05, 0.1) is 15.2 Å². The Labute approximate surface area is 214 Å². The number of piperidine rings is 1. The van der Waals surface area contributed by atoms with Gasteiger partial charge in [-0.1, -0.05) is 17.8 Å². The number of thioether (sulfide) groups is 1. The van der Waals surface area contributed by atoms with Crippen LogP contribution in [0.2, 0.25) is 0 Å². The van der Waals surface area contributed by atoms with E-state index in [9.17, 15) is 0 Å². The lowest BCUT2D eigenvalue weighted by molar-refractivity contribution is 0.299. The number of halogens is 1. The van der Waals surface area contributed by atoms with E-state index in [1.165, 1.54) is 35.3 Å². The summed E-state index contributed by atoms with van der Waals surface area (Å²) in [7, 11) is 2.04. The molecule has 1 aromatic carbocycles. The zero-order chi connectivity index (χ0) is 22.6.